The van der Waals surface area contributed by atoms with Crippen LogP contribution in [0.4, 0.5) is 0 Å². The maximum atomic E-state index is 12.3. The molecule has 1 atom stereocenters. The number of imidazole rings is 1. The summed E-state index contributed by atoms with van der Waals surface area (Å²) in [6.07, 6.45) is 5.98. The van der Waals surface area contributed by atoms with Crippen molar-refractivity contribution in [2.45, 2.75) is 45.1 Å². The lowest BCUT2D eigenvalue weighted by Gasteiger charge is -2.28. The van der Waals surface area contributed by atoms with Crippen molar-refractivity contribution in [2.75, 3.05) is 0 Å². The van der Waals surface area contributed by atoms with E-state index >= 15 is 0 Å². The normalized spacial score (nSPS) is 18.0. The molecular weight excluding hydrogens is 268 g/mol. The van der Waals surface area contributed by atoms with Gasteiger partial charge < -0.3 is 10.1 Å². The summed E-state index contributed by atoms with van der Waals surface area (Å²) in [6, 6.07) is 5.13. The maximum absolute atomic E-state index is 12.3. The van der Waals surface area contributed by atoms with Gasteiger partial charge in [0.15, 0.2) is 0 Å². The van der Waals surface area contributed by atoms with Gasteiger partial charge in [0.25, 0.3) is 0 Å². The average molecular weight is 288 g/mol. The third-order valence-corrected chi connectivity index (χ3v) is 4.72. The van der Waals surface area contributed by atoms with Crippen molar-refractivity contribution >= 4 is 17.0 Å². The number of aromatic nitrogens is 2. The van der Waals surface area contributed by atoms with E-state index in [4.69, 9.17) is 0 Å². The number of carboxylic acid groups (broad SMARTS) is 1. The van der Waals surface area contributed by atoms with Crippen LogP contribution in [0.2, 0.25) is 0 Å². The largest absolute Gasteiger partial charge is 0.478 e. The van der Waals surface area contributed by atoms with E-state index < -0.39 is 5.97 Å². The van der Waals surface area contributed by atoms with Crippen LogP contribution in [0.1, 0.15) is 55.4 Å². The molecule has 0 aliphatic heterocycles. The van der Waals surface area contributed by atoms with Crippen LogP contribution in [0.5, 0.6) is 0 Å². The number of benzene rings is 1. The molecule has 0 amide bonds. The van der Waals surface area contributed by atoms with Gasteiger partial charge in [-0.3, -0.25) is 4.57 Å². The van der Waals surface area contributed by atoms with E-state index in [0.29, 0.717) is 17.0 Å². The van der Waals surface area contributed by atoms with Crippen molar-refractivity contribution in [3.05, 3.63) is 34.2 Å². The molecule has 3 rings (SSSR count). The Morgan fingerprint density at radius 1 is 1.33 bits per heavy atom. The first-order chi connectivity index (χ1) is 10.1. The Hall–Kier alpha value is -2.04. The summed E-state index contributed by atoms with van der Waals surface area (Å²) < 4.78 is 1.73. The van der Waals surface area contributed by atoms with Crippen molar-refractivity contribution in [1.82, 2.24) is 9.55 Å². The van der Waals surface area contributed by atoms with Gasteiger partial charge in [-0.2, -0.15) is 0 Å². The van der Waals surface area contributed by atoms with Crippen LogP contribution in [0.3, 0.4) is 0 Å². The number of para-hydroxylation sites is 1. The predicted molar refractivity (Wildman–Crippen MR) is 80.8 cm³/mol. The molecule has 1 aromatic carbocycles. The molecular formula is C16H20N2O3. The van der Waals surface area contributed by atoms with Crippen LogP contribution in [-0.2, 0) is 0 Å². The molecule has 112 valence electrons. The molecule has 2 aromatic rings. The first-order valence-electron chi connectivity index (χ1n) is 7.56. The van der Waals surface area contributed by atoms with E-state index in [1.54, 1.807) is 10.6 Å². The Morgan fingerprint density at radius 2 is 2.05 bits per heavy atom. The van der Waals surface area contributed by atoms with Crippen LogP contribution >= 0.6 is 0 Å². The van der Waals surface area contributed by atoms with Gasteiger partial charge in [-0.25, -0.2) is 9.59 Å². The number of nitrogens with zero attached hydrogens (tertiary/aromatic N) is 1. The second-order valence-corrected chi connectivity index (χ2v) is 5.94. The first-order valence-corrected chi connectivity index (χ1v) is 7.56. The summed E-state index contributed by atoms with van der Waals surface area (Å²) in [5.74, 6) is -0.525. The van der Waals surface area contributed by atoms with Crippen molar-refractivity contribution < 1.29 is 9.90 Å². The molecule has 1 aliphatic carbocycles. The number of aromatic amines is 1. The van der Waals surface area contributed by atoms with Crippen molar-refractivity contribution in [3.63, 3.8) is 0 Å². The van der Waals surface area contributed by atoms with Gasteiger partial charge in [0.05, 0.1) is 16.6 Å². The van der Waals surface area contributed by atoms with Gasteiger partial charge in [0.1, 0.15) is 0 Å². The minimum Gasteiger partial charge on any atom is -0.478 e. The van der Waals surface area contributed by atoms with Gasteiger partial charge in [-0.1, -0.05) is 25.3 Å². The molecule has 0 bridgehead atoms. The zero-order chi connectivity index (χ0) is 15.0. The Balaban J connectivity index is 2.10. The molecule has 1 aromatic heterocycles. The second-order valence-electron chi connectivity index (χ2n) is 5.94. The third-order valence-electron chi connectivity index (χ3n) is 4.72. The molecule has 0 saturated heterocycles. The van der Waals surface area contributed by atoms with E-state index in [1.807, 2.05) is 6.07 Å². The molecule has 2 N–H and O–H groups in total. The smallest absolute Gasteiger partial charge is 0.337 e. The molecule has 5 nitrogen and oxygen atoms in total. The highest BCUT2D eigenvalue weighted by atomic mass is 16.4. The summed E-state index contributed by atoms with van der Waals surface area (Å²) in [7, 11) is 0. The maximum Gasteiger partial charge on any atom is 0.337 e. The highest BCUT2D eigenvalue weighted by Gasteiger charge is 2.25. The number of H-pyrrole nitrogens is 1. The number of carbonyl (C=O) groups is 1. The van der Waals surface area contributed by atoms with Crippen molar-refractivity contribution in [1.29, 1.82) is 0 Å². The summed E-state index contributed by atoms with van der Waals surface area (Å²) in [6.45, 7) is 2.07. The minimum atomic E-state index is -1.01. The summed E-state index contributed by atoms with van der Waals surface area (Å²) >= 11 is 0. The molecule has 1 aliphatic rings. The molecule has 1 heterocycles. The summed E-state index contributed by atoms with van der Waals surface area (Å²) in [4.78, 5) is 26.3. The molecule has 21 heavy (non-hydrogen) atoms. The Morgan fingerprint density at radius 3 is 2.71 bits per heavy atom. The number of hydrogen-bond acceptors (Lipinski definition) is 2. The van der Waals surface area contributed by atoms with Crippen molar-refractivity contribution in [2.24, 2.45) is 5.92 Å². The Bertz CT molecular complexity index is 723. The zero-order valence-electron chi connectivity index (χ0n) is 12.1. The lowest BCUT2D eigenvalue weighted by atomic mass is 9.84. The van der Waals surface area contributed by atoms with Gasteiger partial charge in [0, 0.05) is 6.04 Å². The van der Waals surface area contributed by atoms with Crippen LogP contribution in [0.15, 0.2) is 23.0 Å². The standard InChI is InChI=1S/C16H20N2O3/c1-10(11-6-3-2-4-7-11)18-13-9-5-8-12(15(19)20)14(13)17-16(18)21/h5,8-11H,2-4,6-7H2,1H3,(H,17,21)(H,19,20). The third kappa shape index (κ3) is 2.37. The van der Waals surface area contributed by atoms with Crippen LogP contribution in [0.25, 0.3) is 11.0 Å². The topological polar surface area (TPSA) is 75.1 Å². The SMILES string of the molecule is CC(C1CCCCC1)n1c(=O)[nH]c2c(C(=O)O)cccc21. The number of hydrogen-bond donors (Lipinski definition) is 2. The fourth-order valence-electron chi connectivity index (χ4n) is 3.56. The number of fused-ring (bicyclic) bond motifs is 1. The van der Waals surface area contributed by atoms with E-state index in [2.05, 4.69) is 11.9 Å². The Kier molecular flexibility index (Phi) is 3.57. The monoisotopic (exact) mass is 288 g/mol. The van der Waals surface area contributed by atoms with E-state index in [1.165, 1.54) is 25.3 Å². The molecule has 1 saturated carbocycles. The summed E-state index contributed by atoms with van der Waals surface area (Å²) in [5.41, 5.74) is 1.06. The molecule has 5 heteroatoms. The Labute approximate surface area is 122 Å². The number of aromatic carboxylic acids is 1. The fraction of sp³-hybridized carbons (Fsp3) is 0.500. The predicted octanol–water partition coefficient (Wildman–Crippen LogP) is 3.17. The zero-order valence-corrected chi connectivity index (χ0v) is 12.1. The summed E-state index contributed by atoms with van der Waals surface area (Å²) in [5, 5.41) is 9.24. The van der Waals surface area contributed by atoms with Gasteiger partial charge in [0.2, 0.25) is 0 Å². The molecule has 1 unspecified atom stereocenters. The fourth-order valence-corrected chi connectivity index (χ4v) is 3.56. The van der Waals surface area contributed by atoms with Crippen LogP contribution < -0.4 is 5.69 Å². The van der Waals surface area contributed by atoms with Crippen molar-refractivity contribution in [3.8, 4) is 0 Å². The van der Waals surface area contributed by atoms with Gasteiger partial charge in [-0.15, -0.1) is 0 Å². The van der Waals surface area contributed by atoms with E-state index in [0.717, 1.165) is 12.8 Å². The van der Waals surface area contributed by atoms with E-state index in [-0.39, 0.29) is 17.3 Å². The highest BCUT2D eigenvalue weighted by Crippen LogP contribution is 2.33. The lowest BCUT2D eigenvalue weighted by Crippen LogP contribution is -2.27. The highest BCUT2D eigenvalue weighted by molar-refractivity contribution is 6.00. The second kappa shape index (κ2) is 5.39. The number of carboxylic acids is 1. The molecule has 0 spiro atoms. The number of rotatable bonds is 3. The lowest BCUT2D eigenvalue weighted by molar-refractivity contribution is 0.0699. The number of nitrogens with one attached hydrogen (secondary N) is 1. The quantitative estimate of drug-likeness (QED) is 0.911. The average Bonchev–Trinajstić information content (AvgIpc) is 2.82. The molecule has 1 fully saturated rings. The van der Waals surface area contributed by atoms with Gasteiger partial charge >= 0.3 is 11.7 Å². The van der Waals surface area contributed by atoms with Gasteiger partial charge in [-0.05, 0) is 37.8 Å². The molecule has 0 radical (unpaired) electrons. The first kappa shape index (κ1) is 13.9. The van der Waals surface area contributed by atoms with Crippen LogP contribution in [0, 0.1) is 5.92 Å². The minimum absolute atomic E-state index is 0.0931. The van der Waals surface area contributed by atoms with E-state index in [9.17, 15) is 14.7 Å². The van der Waals surface area contributed by atoms with Crippen LogP contribution in [-0.4, -0.2) is 20.6 Å².